The number of rotatable bonds is 21. The van der Waals surface area contributed by atoms with Gasteiger partial charge in [-0.3, -0.25) is 19.2 Å². The highest BCUT2D eigenvalue weighted by molar-refractivity contribution is 6.01. The summed E-state index contributed by atoms with van der Waals surface area (Å²) in [5.74, 6) is -0.369. The smallest absolute Gasteiger partial charge is 0.355 e. The second kappa shape index (κ2) is 26.4. The third-order valence-electron chi connectivity index (χ3n) is 16.0. The lowest BCUT2D eigenvalue weighted by Gasteiger charge is -2.44. The van der Waals surface area contributed by atoms with Crippen LogP contribution in [-0.2, 0) is 43.7 Å². The van der Waals surface area contributed by atoms with Crippen molar-refractivity contribution in [2.45, 2.75) is 70.8 Å². The minimum absolute atomic E-state index is 0.0289. The van der Waals surface area contributed by atoms with Crippen LogP contribution in [-0.4, -0.2) is 96.3 Å². The number of esters is 1. The van der Waals surface area contributed by atoms with Crippen LogP contribution in [0.2, 0.25) is 0 Å². The summed E-state index contributed by atoms with van der Waals surface area (Å²) in [4.78, 5) is 88.1. The number of aliphatic carboxylic acids is 1. The lowest BCUT2D eigenvalue weighted by atomic mass is 9.83. The second-order valence-electron chi connectivity index (χ2n) is 22.2. The summed E-state index contributed by atoms with van der Waals surface area (Å²) in [5.41, 5.74) is 16.1. The Morgan fingerprint density at radius 3 is 1.48 bits per heavy atom. The van der Waals surface area contributed by atoms with Crippen molar-refractivity contribution in [3.8, 4) is 45.9 Å². The maximum atomic E-state index is 13.3. The van der Waals surface area contributed by atoms with Crippen LogP contribution in [0.5, 0.6) is 23.0 Å². The molecular weight excluding hydrogens is 1180 g/mol. The number of aliphatic hydroxyl groups excluding tert-OH is 2. The molecule has 8 aliphatic rings. The highest BCUT2D eigenvalue weighted by Gasteiger charge is 2.57. The molecule has 3 N–H and O–H groups in total. The van der Waals surface area contributed by atoms with E-state index >= 15 is 0 Å². The molecule has 2 aliphatic carbocycles. The second-order valence-corrected chi connectivity index (χ2v) is 22.2. The Labute approximate surface area is 523 Å². The molecule has 0 aromatic heterocycles. The topological polar surface area (TPSA) is 317 Å². The molecule has 23 heteroatoms. The van der Waals surface area contributed by atoms with E-state index in [0.717, 1.165) is 11.1 Å². The molecule has 92 heavy (non-hydrogen) atoms. The van der Waals surface area contributed by atoms with Gasteiger partial charge in [0.05, 0.1) is 36.1 Å². The van der Waals surface area contributed by atoms with Crippen LogP contribution in [0.3, 0.4) is 0 Å². The lowest BCUT2D eigenvalue weighted by Crippen LogP contribution is -2.61. The molecule has 5 aromatic carbocycles. The third kappa shape index (κ3) is 13.0. The number of fused-ring (bicyclic) bond motifs is 6. The minimum atomic E-state index is -1.16. The number of nitrogens with zero attached hydrogens (tertiary/aromatic N) is 7. The summed E-state index contributed by atoms with van der Waals surface area (Å²) in [6.07, 6.45) is 6.02. The number of ether oxygens (including phenoxy) is 5. The zero-order valence-corrected chi connectivity index (χ0v) is 49.4. The number of benzene rings is 7. The van der Waals surface area contributed by atoms with E-state index in [1.165, 1.54) is 34.1 Å². The molecule has 13 rings (SSSR count). The number of hydrogen-bond donors (Lipinski definition) is 3. The maximum absolute atomic E-state index is 13.3. The summed E-state index contributed by atoms with van der Waals surface area (Å²) >= 11 is 0. The van der Waals surface area contributed by atoms with Crippen LogP contribution in [0.25, 0.3) is 55.6 Å². The molecule has 23 nitrogen and oxygen atoms in total. The SMILES string of the molecule is C[C@@H](O)[C@H]1C(=O)N2C(C(=O)O)=C(/C=C/COc3ccc(COc4ccc5nc6ccc(=O)cc-6oc5c4)cc3)C[C@H]12.C[C@@H](O)[C@H]1C(=O)N2C(C(=O)OCc3ccc(N=[N+]=[N-])cc3)=C(/C=C/COc3ccc(COc4ccc5nc6ccc(=O)cc-6oc5c4)cc3)C[C@H]12. The van der Waals surface area contributed by atoms with Gasteiger partial charge in [0.25, 0.3) is 0 Å². The van der Waals surface area contributed by atoms with E-state index in [2.05, 4.69) is 20.0 Å². The van der Waals surface area contributed by atoms with Crippen LogP contribution in [0, 0.1) is 11.8 Å². The first-order valence-corrected chi connectivity index (χ1v) is 29.3. The molecule has 2 fully saturated rings. The van der Waals surface area contributed by atoms with Gasteiger partial charge in [0, 0.05) is 34.9 Å². The number of hydrogen-bond acceptors (Lipinski definition) is 18. The van der Waals surface area contributed by atoms with Crippen molar-refractivity contribution in [1.82, 2.24) is 19.8 Å². The van der Waals surface area contributed by atoms with E-state index in [4.69, 9.17) is 38.0 Å². The maximum Gasteiger partial charge on any atom is 0.355 e. The standard InChI is InChI=1S/C38H31N5O8.C31H26N2O8/c1-22(44)35-32-17-25(36(43(32)37(35)46)38(47)50-21-23-4-8-26(9-5-23)41-42-39)3-2-16-48-28-11-6-24(7-12-28)20-49-29-13-15-31-34(19-29)51-33-18-27(45)10-14-30(33)40-31;1-17(34)28-25-13-19(29(31(37)38)33(25)30(28)36)3-2-12-39-21-7-4-18(5-8-21)16-40-22-9-11-24-27(15-22)41-26-14-20(35)6-10-23(26)32-24/h2-15,18-19,22,32,35,44H,16-17,20-21H2,1H3;2-11,14-15,17,25,28,34H,12-13,16H2,1H3,(H,37,38)/b2*3-2+/t22-,32-,35-;17-,25-,28-/m11/s1. The van der Waals surface area contributed by atoms with Gasteiger partial charge in [0.15, 0.2) is 33.5 Å². The number of β-lactam (4-membered cyclic amide) rings is 2. The Balaban J connectivity index is 0.000000182. The van der Waals surface area contributed by atoms with Gasteiger partial charge in [-0.1, -0.05) is 65.8 Å². The summed E-state index contributed by atoms with van der Waals surface area (Å²) in [5, 5.41) is 33.2. The highest BCUT2D eigenvalue weighted by Crippen LogP contribution is 2.46. The number of allylic oxidation sites excluding steroid dienone is 2. The van der Waals surface area contributed by atoms with E-state index in [9.17, 15) is 44.1 Å². The van der Waals surface area contributed by atoms with Crippen molar-refractivity contribution >= 4 is 51.6 Å². The molecule has 6 atom stereocenters. The fourth-order valence-corrected chi connectivity index (χ4v) is 11.5. The number of azide groups is 1. The summed E-state index contributed by atoms with van der Waals surface area (Å²) in [6, 6.07) is 40.5. The number of aromatic nitrogens is 2. The molecule has 464 valence electrons. The largest absolute Gasteiger partial charge is 0.490 e. The molecule has 2 amide bonds. The van der Waals surface area contributed by atoms with E-state index in [1.54, 1.807) is 105 Å². The number of aliphatic hydroxyl groups is 2. The van der Waals surface area contributed by atoms with Crippen molar-refractivity contribution in [3.63, 3.8) is 0 Å². The molecule has 2 saturated heterocycles. The molecule has 6 heterocycles. The van der Waals surface area contributed by atoms with Gasteiger partial charge < -0.3 is 57.6 Å². The van der Waals surface area contributed by atoms with Gasteiger partial charge >= 0.3 is 11.9 Å². The van der Waals surface area contributed by atoms with Crippen LogP contribution in [0.4, 0.5) is 5.69 Å². The number of amides is 2. The molecule has 5 aromatic rings. The fraction of sp³-hybridized carbons (Fsp3) is 0.217. The first-order valence-electron chi connectivity index (χ1n) is 29.3. The summed E-state index contributed by atoms with van der Waals surface area (Å²) < 4.78 is 40.8. The Morgan fingerprint density at radius 1 is 0.587 bits per heavy atom. The van der Waals surface area contributed by atoms with E-state index in [1.807, 2.05) is 54.6 Å². The molecule has 0 spiro atoms. The Morgan fingerprint density at radius 2 is 1.02 bits per heavy atom. The molecule has 0 saturated carbocycles. The third-order valence-corrected chi connectivity index (χ3v) is 16.0. The Kier molecular flexibility index (Phi) is 17.4. The fourth-order valence-electron chi connectivity index (χ4n) is 11.5. The van der Waals surface area contributed by atoms with Gasteiger partial charge in [-0.2, -0.15) is 0 Å². The monoisotopic (exact) mass is 1240 g/mol. The number of carboxylic acids is 1. The van der Waals surface area contributed by atoms with Crippen LogP contribution < -0.4 is 29.8 Å². The van der Waals surface area contributed by atoms with Crippen LogP contribution >= 0.6 is 0 Å². The van der Waals surface area contributed by atoms with Gasteiger partial charge in [-0.15, -0.1) is 0 Å². The molecule has 0 radical (unpaired) electrons. The molecule has 0 unspecified atom stereocenters. The Bertz CT molecular complexity index is 4570. The normalized spacial score (nSPS) is 18.1. The van der Waals surface area contributed by atoms with Gasteiger partial charge in [0.2, 0.25) is 11.8 Å². The van der Waals surface area contributed by atoms with Crippen molar-refractivity contribution in [3.05, 3.63) is 240 Å². The van der Waals surface area contributed by atoms with Crippen molar-refractivity contribution in [2.24, 2.45) is 17.0 Å². The van der Waals surface area contributed by atoms with Crippen LogP contribution in [0.1, 0.15) is 43.4 Å². The Hall–Kier alpha value is -11.4. The van der Waals surface area contributed by atoms with Crippen molar-refractivity contribution in [2.75, 3.05) is 13.2 Å². The van der Waals surface area contributed by atoms with Crippen molar-refractivity contribution in [1.29, 1.82) is 0 Å². The first kappa shape index (κ1) is 60.9. The molecule has 6 aliphatic heterocycles. The van der Waals surface area contributed by atoms with E-state index < -0.39 is 36.0 Å². The minimum Gasteiger partial charge on any atom is -0.490 e. The highest BCUT2D eigenvalue weighted by atomic mass is 16.5. The quantitative estimate of drug-likeness (QED) is 0.0150. The number of carboxylic acid groups (broad SMARTS) is 1. The predicted octanol–water partition coefficient (Wildman–Crippen LogP) is 10.1. The van der Waals surface area contributed by atoms with Crippen LogP contribution in [0.15, 0.2) is 216 Å². The molecule has 0 bridgehead atoms. The summed E-state index contributed by atoms with van der Waals surface area (Å²) in [7, 11) is 0. The average molecular weight is 1240 g/mol. The van der Waals surface area contributed by atoms with Crippen molar-refractivity contribution < 1.29 is 67.0 Å². The number of carbonyl (C=O) groups is 4. The zero-order chi connectivity index (χ0) is 64.2. The molecular formula is C69H57N7O16. The van der Waals surface area contributed by atoms with E-state index in [-0.39, 0.29) is 66.0 Å². The number of carbonyl (C=O) groups excluding carboxylic acids is 3. The summed E-state index contributed by atoms with van der Waals surface area (Å²) in [6.45, 7) is 4.11. The predicted molar refractivity (Wildman–Crippen MR) is 332 cm³/mol. The first-order chi connectivity index (χ1) is 44.5. The van der Waals surface area contributed by atoms with Gasteiger partial charge in [-0.05, 0) is 145 Å². The van der Waals surface area contributed by atoms with Gasteiger partial charge in [-0.25, -0.2) is 19.6 Å². The van der Waals surface area contributed by atoms with E-state index in [0.29, 0.717) is 117 Å². The average Bonchev–Trinajstić information content (AvgIpc) is 1.58. The zero-order valence-electron chi connectivity index (χ0n) is 49.4. The van der Waals surface area contributed by atoms with Gasteiger partial charge in [0.1, 0.15) is 89.8 Å². The lowest BCUT2D eigenvalue weighted by molar-refractivity contribution is -0.162.